The summed E-state index contributed by atoms with van der Waals surface area (Å²) in [5, 5.41) is 8.92. The van der Waals surface area contributed by atoms with Crippen molar-refractivity contribution in [2.45, 2.75) is 25.7 Å². The van der Waals surface area contributed by atoms with E-state index in [0.717, 1.165) is 37.2 Å². The number of hydrogen-bond donors (Lipinski definition) is 2. The molecular formula is C15H22N2O2. The second-order valence-electron chi connectivity index (χ2n) is 5.21. The quantitative estimate of drug-likeness (QED) is 0.789. The number of anilines is 1. The van der Waals surface area contributed by atoms with Gasteiger partial charge >= 0.3 is 0 Å². The van der Waals surface area contributed by atoms with Crippen LogP contribution >= 0.6 is 0 Å². The van der Waals surface area contributed by atoms with Crippen molar-refractivity contribution in [1.82, 2.24) is 4.90 Å². The van der Waals surface area contributed by atoms with Gasteiger partial charge in [-0.25, -0.2) is 0 Å². The number of amides is 1. The number of nitrogens with zero attached hydrogens (tertiary/aromatic N) is 1. The van der Waals surface area contributed by atoms with Crippen molar-refractivity contribution in [3.63, 3.8) is 0 Å². The molecule has 4 heteroatoms. The predicted octanol–water partition coefficient (Wildman–Crippen LogP) is 1.43. The maximum Gasteiger partial charge on any atom is 0.222 e. The van der Waals surface area contributed by atoms with Gasteiger partial charge in [-0.15, -0.1) is 0 Å². The molecule has 1 atom stereocenters. The molecule has 1 fully saturated rings. The van der Waals surface area contributed by atoms with E-state index in [9.17, 15) is 4.79 Å². The molecule has 1 aromatic rings. The fourth-order valence-electron chi connectivity index (χ4n) is 2.64. The molecule has 1 aliphatic rings. The van der Waals surface area contributed by atoms with Crippen LogP contribution in [0.25, 0.3) is 0 Å². The number of para-hydroxylation sites is 1. The largest absolute Gasteiger partial charge is 0.399 e. The second-order valence-corrected chi connectivity index (χ2v) is 5.21. The van der Waals surface area contributed by atoms with Gasteiger partial charge in [0.25, 0.3) is 0 Å². The maximum atomic E-state index is 12.1. The van der Waals surface area contributed by atoms with Crippen LogP contribution in [0.15, 0.2) is 24.3 Å². The molecule has 3 N–H and O–H groups in total. The first kappa shape index (κ1) is 13.9. The summed E-state index contributed by atoms with van der Waals surface area (Å²) in [6, 6.07) is 7.69. The van der Waals surface area contributed by atoms with E-state index < -0.39 is 0 Å². The number of carbonyl (C=O) groups is 1. The normalized spacial score (nSPS) is 18.8. The van der Waals surface area contributed by atoms with Crippen LogP contribution in [0.4, 0.5) is 5.69 Å². The molecule has 2 rings (SSSR count). The van der Waals surface area contributed by atoms with Gasteiger partial charge in [0, 0.05) is 31.8 Å². The third-order valence-electron chi connectivity index (χ3n) is 3.84. The second kappa shape index (κ2) is 6.57. The Morgan fingerprint density at radius 3 is 2.95 bits per heavy atom. The number of nitrogen functional groups attached to an aromatic ring is 1. The molecular weight excluding hydrogens is 240 g/mol. The molecule has 1 aromatic carbocycles. The van der Waals surface area contributed by atoms with Gasteiger partial charge in [0.05, 0.1) is 0 Å². The van der Waals surface area contributed by atoms with E-state index in [1.807, 2.05) is 29.2 Å². The Hall–Kier alpha value is -1.55. The van der Waals surface area contributed by atoms with Crippen LogP contribution in [0, 0.1) is 5.92 Å². The van der Waals surface area contributed by atoms with Gasteiger partial charge in [-0.05, 0) is 36.8 Å². The summed E-state index contributed by atoms with van der Waals surface area (Å²) in [5.41, 5.74) is 7.67. The van der Waals surface area contributed by atoms with Crippen LogP contribution in [0.1, 0.15) is 24.8 Å². The van der Waals surface area contributed by atoms with Gasteiger partial charge < -0.3 is 15.7 Å². The number of aryl methyl sites for hydroxylation is 1. The van der Waals surface area contributed by atoms with E-state index in [1.54, 1.807) is 0 Å². The summed E-state index contributed by atoms with van der Waals surface area (Å²) in [7, 11) is 0. The number of carbonyl (C=O) groups excluding carboxylic acids is 1. The van der Waals surface area contributed by atoms with Crippen molar-refractivity contribution in [1.29, 1.82) is 0 Å². The molecule has 0 aromatic heterocycles. The SMILES string of the molecule is Nc1ccccc1CCC(=O)N1CCC(CCO)C1. The molecule has 0 spiro atoms. The van der Waals surface area contributed by atoms with Gasteiger partial charge in [0.1, 0.15) is 0 Å². The van der Waals surface area contributed by atoms with Gasteiger partial charge in [-0.2, -0.15) is 0 Å². The zero-order valence-corrected chi connectivity index (χ0v) is 11.2. The Labute approximate surface area is 114 Å². The molecule has 0 saturated carbocycles. The van der Waals surface area contributed by atoms with Crippen molar-refractivity contribution in [3.05, 3.63) is 29.8 Å². The summed E-state index contributed by atoms with van der Waals surface area (Å²) in [6.45, 7) is 1.84. The highest BCUT2D eigenvalue weighted by Gasteiger charge is 2.25. The summed E-state index contributed by atoms with van der Waals surface area (Å²) >= 11 is 0. The first-order valence-electron chi connectivity index (χ1n) is 6.92. The van der Waals surface area contributed by atoms with Crippen molar-refractivity contribution < 1.29 is 9.90 Å². The lowest BCUT2D eigenvalue weighted by Gasteiger charge is -2.16. The van der Waals surface area contributed by atoms with E-state index >= 15 is 0 Å². The molecule has 0 radical (unpaired) electrons. The topological polar surface area (TPSA) is 66.6 Å². The van der Waals surface area contributed by atoms with Crippen LogP contribution in [0.3, 0.4) is 0 Å². The lowest BCUT2D eigenvalue weighted by Crippen LogP contribution is -2.29. The van der Waals surface area contributed by atoms with Gasteiger partial charge in [-0.1, -0.05) is 18.2 Å². The predicted molar refractivity (Wildman–Crippen MR) is 75.6 cm³/mol. The molecule has 0 aliphatic carbocycles. The number of benzene rings is 1. The molecule has 0 bridgehead atoms. The molecule has 1 amide bonds. The standard InChI is InChI=1S/C15H22N2O2/c16-14-4-2-1-3-13(14)5-6-15(19)17-9-7-12(11-17)8-10-18/h1-4,12,18H,5-11,16H2. The minimum absolute atomic E-state index is 0.198. The van der Waals surface area contributed by atoms with E-state index in [-0.39, 0.29) is 12.5 Å². The zero-order valence-electron chi connectivity index (χ0n) is 11.2. The van der Waals surface area contributed by atoms with Crippen LogP contribution in [0.2, 0.25) is 0 Å². The van der Waals surface area contributed by atoms with Crippen molar-refractivity contribution in [2.24, 2.45) is 5.92 Å². The average molecular weight is 262 g/mol. The Morgan fingerprint density at radius 1 is 1.42 bits per heavy atom. The summed E-state index contributed by atoms with van der Waals surface area (Å²) in [4.78, 5) is 14.0. The number of aliphatic hydroxyl groups excluding tert-OH is 1. The number of likely N-dealkylation sites (tertiary alicyclic amines) is 1. The summed E-state index contributed by atoms with van der Waals surface area (Å²) in [5.74, 6) is 0.666. The Bertz CT molecular complexity index is 434. The molecule has 1 aliphatic heterocycles. The molecule has 1 heterocycles. The van der Waals surface area contributed by atoms with E-state index in [4.69, 9.17) is 10.8 Å². The number of nitrogens with two attached hydrogens (primary N) is 1. The molecule has 4 nitrogen and oxygen atoms in total. The number of hydrogen-bond acceptors (Lipinski definition) is 3. The smallest absolute Gasteiger partial charge is 0.222 e. The van der Waals surface area contributed by atoms with Crippen LogP contribution < -0.4 is 5.73 Å². The third-order valence-corrected chi connectivity index (χ3v) is 3.84. The van der Waals surface area contributed by atoms with Crippen molar-refractivity contribution in [2.75, 3.05) is 25.4 Å². The monoisotopic (exact) mass is 262 g/mol. The highest BCUT2D eigenvalue weighted by Crippen LogP contribution is 2.21. The molecule has 104 valence electrons. The third kappa shape index (κ3) is 3.70. The zero-order chi connectivity index (χ0) is 13.7. The Morgan fingerprint density at radius 2 is 2.21 bits per heavy atom. The van der Waals surface area contributed by atoms with Crippen LogP contribution in [-0.4, -0.2) is 35.6 Å². The Balaban J connectivity index is 1.81. The van der Waals surface area contributed by atoms with Crippen molar-refractivity contribution in [3.8, 4) is 0 Å². The Kier molecular flexibility index (Phi) is 4.80. The van der Waals surface area contributed by atoms with Crippen LogP contribution in [-0.2, 0) is 11.2 Å². The summed E-state index contributed by atoms with van der Waals surface area (Å²) < 4.78 is 0. The fraction of sp³-hybridized carbons (Fsp3) is 0.533. The first-order chi connectivity index (χ1) is 9.20. The van der Waals surface area contributed by atoms with E-state index in [1.165, 1.54) is 0 Å². The summed E-state index contributed by atoms with van der Waals surface area (Å²) in [6.07, 6.45) is 3.03. The van der Waals surface area contributed by atoms with E-state index in [0.29, 0.717) is 18.8 Å². The van der Waals surface area contributed by atoms with E-state index in [2.05, 4.69) is 0 Å². The fourth-order valence-corrected chi connectivity index (χ4v) is 2.64. The van der Waals surface area contributed by atoms with Gasteiger partial charge in [-0.3, -0.25) is 4.79 Å². The molecule has 1 unspecified atom stereocenters. The first-order valence-corrected chi connectivity index (χ1v) is 6.92. The number of aliphatic hydroxyl groups is 1. The maximum absolute atomic E-state index is 12.1. The number of rotatable bonds is 5. The van der Waals surface area contributed by atoms with Crippen molar-refractivity contribution >= 4 is 11.6 Å². The lowest BCUT2D eigenvalue weighted by atomic mass is 10.1. The van der Waals surface area contributed by atoms with Gasteiger partial charge in [0.2, 0.25) is 5.91 Å². The lowest BCUT2D eigenvalue weighted by molar-refractivity contribution is -0.130. The molecule has 19 heavy (non-hydrogen) atoms. The molecule has 1 saturated heterocycles. The highest BCUT2D eigenvalue weighted by molar-refractivity contribution is 5.77. The minimum Gasteiger partial charge on any atom is -0.399 e. The minimum atomic E-state index is 0.198. The van der Waals surface area contributed by atoms with Crippen LogP contribution in [0.5, 0.6) is 0 Å². The highest BCUT2D eigenvalue weighted by atomic mass is 16.3. The van der Waals surface area contributed by atoms with Gasteiger partial charge in [0.15, 0.2) is 0 Å². The average Bonchev–Trinajstić information content (AvgIpc) is 2.87.